The van der Waals surface area contributed by atoms with Gasteiger partial charge in [0.05, 0.1) is 6.26 Å². The Morgan fingerprint density at radius 3 is 2.78 bits per heavy atom. The number of hydrogen-bond acceptors (Lipinski definition) is 4. The summed E-state index contributed by atoms with van der Waals surface area (Å²) in [6.07, 6.45) is 5.29. The van der Waals surface area contributed by atoms with E-state index in [0.717, 1.165) is 22.1 Å². The van der Waals surface area contributed by atoms with Crippen LogP contribution in [-0.4, -0.2) is 4.98 Å². The molecule has 1 unspecified atom stereocenters. The molecule has 3 N–H and O–H groups in total. The molecule has 0 saturated carbocycles. The normalized spacial score (nSPS) is 12.7. The number of aromatic nitrogens is 1. The van der Waals surface area contributed by atoms with E-state index >= 15 is 0 Å². The highest BCUT2D eigenvalue weighted by atomic mass is 16.3. The highest BCUT2D eigenvalue weighted by Crippen LogP contribution is 2.27. The third-order valence-electron chi connectivity index (χ3n) is 3.00. The zero-order valence-corrected chi connectivity index (χ0v) is 9.71. The Morgan fingerprint density at radius 1 is 1.11 bits per heavy atom. The molecule has 4 heteroatoms. The van der Waals surface area contributed by atoms with Crippen LogP contribution in [0.15, 0.2) is 59.5 Å². The van der Waals surface area contributed by atoms with Crippen molar-refractivity contribution in [2.24, 2.45) is 5.84 Å². The summed E-state index contributed by atoms with van der Waals surface area (Å²) < 4.78 is 5.42. The predicted octanol–water partition coefficient (Wildman–Crippen LogP) is 2.38. The van der Waals surface area contributed by atoms with Gasteiger partial charge in [0.1, 0.15) is 11.8 Å². The lowest BCUT2D eigenvalue weighted by Gasteiger charge is -2.15. The first-order valence-corrected chi connectivity index (χ1v) is 5.72. The lowest BCUT2D eigenvalue weighted by molar-refractivity contribution is 0.453. The maximum atomic E-state index is 5.65. The van der Waals surface area contributed by atoms with Crippen molar-refractivity contribution in [3.8, 4) is 0 Å². The number of rotatable bonds is 3. The van der Waals surface area contributed by atoms with Crippen molar-refractivity contribution < 1.29 is 4.42 Å². The minimum atomic E-state index is -0.196. The molecule has 2 aromatic heterocycles. The molecule has 0 aliphatic carbocycles. The SMILES string of the molecule is NNC(c1ccco1)c1cncc2ccccc12. The smallest absolute Gasteiger partial charge is 0.126 e. The summed E-state index contributed by atoms with van der Waals surface area (Å²) in [6, 6.07) is 11.6. The maximum Gasteiger partial charge on any atom is 0.126 e. The van der Waals surface area contributed by atoms with Gasteiger partial charge >= 0.3 is 0 Å². The molecular formula is C14H13N3O. The molecule has 0 amide bonds. The van der Waals surface area contributed by atoms with Crippen molar-refractivity contribution >= 4 is 10.8 Å². The van der Waals surface area contributed by atoms with Crippen LogP contribution in [0.2, 0.25) is 0 Å². The molecule has 1 aromatic carbocycles. The molecule has 3 rings (SSSR count). The number of fused-ring (bicyclic) bond motifs is 1. The minimum Gasteiger partial charge on any atom is -0.467 e. The number of furan rings is 1. The molecule has 0 saturated heterocycles. The number of nitrogens with one attached hydrogen (secondary N) is 1. The predicted molar refractivity (Wildman–Crippen MR) is 69.6 cm³/mol. The summed E-state index contributed by atoms with van der Waals surface area (Å²) in [6.45, 7) is 0. The van der Waals surface area contributed by atoms with Crippen LogP contribution < -0.4 is 11.3 Å². The Hall–Kier alpha value is -2.17. The molecule has 18 heavy (non-hydrogen) atoms. The standard InChI is InChI=1S/C14H13N3O/c15-17-14(13-6-3-7-18-13)12-9-16-8-10-4-1-2-5-11(10)12/h1-9,14,17H,15H2. The molecule has 1 atom stereocenters. The number of nitrogens with two attached hydrogens (primary N) is 1. The molecular weight excluding hydrogens is 226 g/mol. The van der Waals surface area contributed by atoms with Crippen molar-refractivity contribution in [2.75, 3.05) is 0 Å². The summed E-state index contributed by atoms with van der Waals surface area (Å²) >= 11 is 0. The first-order valence-electron chi connectivity index (χ1n) is 5.72. The number of hydrogen-bond donors (Lipinski definition) is 2. The fourth-order valence-electron chi connectivity index (χ4n) is 2.15. The molecule has 0 fully saturated rings. The second-order valence-corrected chi connectivity index (χ2v) is 4.06. The van der Waals surface area contributed by atoms with Crippen LogP contribution >= 0.6 is 0 Å². The highest BCUT2D eigenvalue weighted by molar-refractivity contribution is 5.85. The van der Waals surface area contributed by atoms with E-state index in [-0.39, 0.29) is 6.04 Å². The van der Waals surface area contributed by atoms with Gasteiger partial charge in [-0.05, 0) is 17.5 Å². The molecule has 4 nitrogen and oxygen atoms in total. The molecule has 2 heterocycles. The lowest BCUT2D eigenvalue weighted by atomic mass is 10.0. The number of pyridine rings is 1. The summed E-state index contributed by atoms with van der Waals surface area (Å²) in [5, 5.41) is 2.20. The van der Waals surface area contributed by atoms with Crippen LogP contribution in [0.4, 0.5) is 0 Å². The minimum absolute atomic E-state index is 0.196. The van der Waals surface area contributed by atoms with Gasteiger partial charge in [0.2, 0.25) is 0 Å². The van der Waals surface area contributed by atoms with E-state index in [1.165, 1.54) is 0 Å². The van der Waals surface area contributed by atoms with Gasteiger partial charge in [0.15, 0.2) is 0 Å². The fourth-order valence-corrected chi connectivity index (χ4v) is 2.15. The molecule has 90 valence electrons. The summed E-state index contributed by atoms with van der Waals surface area (Å²) in [5.41, 5.74) is 3.78. The third kappa shape index (κ3) is 1.77. The summed E-state index contributed by atoms with van der Waals surface area (Å²) in [4.78, 5) is 4.25. The summed E-state index contributed by atoms with van der Waals surface area (Å²) in [7, 11) is 0. The Kier molecular flexibility index (Phi) is 2.80. The van der Waals surface area contributed by atoms with Crippen molar-refractivity contribution in [1.82, 2.24) is 10.4 Å². The van der Waals surface area contributed by atoms with Crippen molar-refractivity contribution in [3.05, 3.63) is 66.4 Å². The lowest BCUT2D eigenvalue weighted by Crippen LogP contribution is -2.28. The van der Waals surface area contributed by atoms with E-state index in [4.69, 9.17) is 10.3 Å². The zero-order valence-electron chi connectivity index (χ0n) is 9.71. The topological polar surface area (TPSA) is 64.1 Å². The largest absolute Gasteiger partial charge is 0.467 e. The van der Waals surface area contributed by atoms with Crippen LogP contribution in [0.5, 0.6) is 0 Å². The van der Waals surface area contributed by atoms with Gasteiger partial charge in [-0.1, -0.05) is 24.3 Å². The van der Waals surface area contributed by atoms with Gasteiger partial charge in [-0.25, -0.2) is 5.43 Å². The molecule has 0 bridgehead atoms. The number of hydrazine groups is 1. The molecule has 0 aliphatic rings. The van der Waals surface area contributed by atoms with Crippen molar-refractivity contribution in [3.63, 3.8) is 0 Å². The molecule has 0 radical (unpaired) electrons. The van der Waals surface area contributed by atoms with Crippen molar-refractivity contribution in [2.45, 2.75) is 6.04 Å². The second-order valence-electron chi connectivity index (χ2n) is 4.06. The molecule has 0 spiro atoms. The number of benzene rings is 1. The number of nitrogens with zero attached hydrogens (tertiary/aromatic N) is 1. The van der Waals surface area contributed by atoms with Crippen LogP contribution in [-0.2, 0) is 0 Å². The van der Waals surface area contributed by atoms with E-state index in [0.29, 0.717) is 0 Å². The maximum absolute atomic E-state index is 5.65. The van der Waals surface area contributed by atoms with E-state index in [1.807, 2.05) is 42.7 Å². The Morgan fingerprint density at radius 2 is 2.00 bits per heavy atom. The first kappa shape index (κ1) is 11.0. The Labute approximate surface area is 104 Å². The van der Waals surface area contributed by atoms with E-state index in [1.54, 1.807) is 6.26 Å². The average Bonchev–Trinajstić information content (AvgIpc) is 2.94. The highest BCUT2D eigenvalue weighted by Gasteiger charge is 2.17. The Bertz CT molecular complexity index is 644. The quantitative estimate of drug-likeness (QED) is 0.544. The van der Waals surface area contributed by atoms with Gasteiger partial charge in [-0.15, -0.1) is 0 Å². The van der Waals surface area contributed by atoms with Crippen LogP contribution in [0, 0.1) is 0 Å². The van der Waals surface area contributed by atoms with Crippen LogP contribution in [0.25, 0.3) is 10.8 Å². The average molecular weight is 239 g/mol. The van der Waals surface area contributed by atoms with E-state index in [2.05, 4.69) is 16.5 Å². The van der Waals surface area contributed by atoms with Gasteiger partial charge in [0.25, 0.3) is 0 Å². The van der Waals surface area contributed by atoms with Crippen molar-refractivity contribution in [1.29, 1.82) is 0 Å². The van der Waals surface area contributed by atoms with E-state index in [9.17, 15) is 0 Å². The second kappa shape index (κ2) is 4.60. The van der Waals surface area contributed by atoms with Crippen LogP contribution in [0.1, 0.15) is 17.4 Å². The Balaban J connectivity index is 2.18. The third-order valence-corrected chi connectivity index (χ3v) is 3.00. The van der Waals surface area contributed by atoms with Gasteiger partial charge in [-0.2, -0.15) is 0 Å². The van der Waals surface area contributed by atoms with E-state index < -0.39 is 0 Å². The van der Waals surface area contributed by atoms with Gasteiger partial charge < -0.3 is 4.42 Å². The van der Waals surface area contributed by atoms with Crippen LogP contribution in [0.3, 0.4) is 0 Å². The van der Waals surface area contributed by atoms with Gasteiger partial charge in [-0.3, -0.25) is 10.8 Å². The first-order chi connectivity index (χ1) is 8.90. The van der Waals surface area contributed by atoms with Gasteiger partial charge in [0, 0.05) is 23.3 Å². The monoisotopic (exact) mass is 239 g/mol. The molecule has 3 aromatic rings. The zero-order chi connectivity index (χ0) is 12.4. The summed E-state index contributed by atoms with van der Waals surface area (Å²) in [5.74, 6) is 6.42. The molecule has 0 aliphatic heterocycles. The fraction of sp³-hybridized carbons (Fsp3) is 0.0714.